The molecule has 0 radical (unpaired) electrons. The molecule has 3 heteroatoms. The van der Waals surface area contributed by atoms with Gasteiger partial charge >= 0.3 is 0 Å². The summed E-state index contributed by atoms with van der Waals surface area (Å²) >= 11 is 0. The molecule has 0 atom stereocenters. The molecule has 0 saturated heterocycles. The molecular weight excluding hydrogens is 178 g/mol. The summed E-state index contributed by atoms with van der Waals surface area (Å²) in [5.41, 5.74) is 6.35. The van der Waals surface area contributed by atoms with E-state index in [-0.39, 0.29) is 5.75 Å². The van der Waals surface area contributed by atoms with Gasteiger partial charge in [0.1, 0.15) is 11.5 Å². The van der Waals surface area contributed by atoms with Gasteiger partial charge in [0.2, 0.25) is 0 Å². The van der Waals surface area contributed by atoms with E-state index in [4.69, 9.17) is 10.5 Å². The summed E-state index contributed by atoms with van der Waals surface area (Å²) in [6.45, 7) is 0. The second kappa shape index (κ2) is 3.10. The third-order valence-corrected chi connectivity index (χ3v) is 2.19. The zero-order chi connectivity index (χ0) is 10.1. The van der Waals surface area contributed by atoms with Gasteiger partial charge in [-0.15, -0.1) is 0 Å². The summed E-state index contributed by atoms with van der Waals surface area (Å²) in [5.74, 6) is 0.895. The van der Waals surface area contributed by atoms with Crippen molar-refractivity contribution in [2.24, 2.45) is 0 Å². The third-order valence-electron chi connectivity index (χ3n) is 2.19. The summed E-state index contributed by atoms with van der Waals surface area (Å²) in [7, 11) is 1.58. The number of phenols is 1. The average molecular weight is 189 g/mol. The van der Waals surface area contributed by atoms with Gasteiger partial charge in [-0.25, -0.2) is 0 Å². The Morgan fingerprint density at radius 3 is 2.71 bits per heavy atom. The number of ether oxygens (including phenoxy) is 1. The number of hydrogen-bond donors (Lipinski definition) is 2. The van der Waals surface area contributed by atoms with Gasteiger partial charge in [0.15, 0.2) is 0 Å². The van der Waals surface area contributed by atoms with Crippen LogP contribution in [-0.2, 0) is 0 Å². The molecule has 0 aliphatic heterocycles. The number of phenolic OH excluding ortho intramolecular Hbond substituents is 1. The molecule has 2 rings (SSSR count). The smallest absolute Gasteiger partial charge is 0.149 e. The number of nitrogen functional groups attached to an aromatic ring is 1. The van der Waals surface area contributed by atoms with E-state index in [0.29, 0.717) is 11.4 Å². The first-order valence-electron chi connectivity index (χ1n) is 4.27. The Bertz CT molecular complexity index is 480. The van der Waals surface area contributed by atoms with E-state index in [2.05, 4.69) is 0 Å². The van der Waals surface area contributed by atoms with E-state index in [1.807, 2.05) is 6.07 Å². The molecule has 0 amide bonds. The van der Waals surface area contributed by atoms with Crippen molar-refractivity contribution in [1.82, 2.24) is 0 Å². The van der Waals surface area contributed by atoms with Crippen molar-refractivity contribution >= 4 is 16.5 Å². The van der Waals surface area contributed by atoms with Gasteiger partial charge in [-0.3, -0.25) is 0 Å². The van der Waals surface area contributed by atoms with Crippen LogP contribution >= 0.6 is 0 Å². The molecule has 0 unspecified atom stereocenters. The maximum Gasteiger partial charge on any atom is 0.149 e. The van der Waals surface area contributed by atoms with Crippen molar-refractivity contribution in [1.29, 1.82) is 0 Å². The van der Waals surface area contributed by atoms with Crippen LogP contribution in [0.25, 0.3) is 10.8 Å². The quantitative estimate of drug-likeness (QED) is 0.676. The highest BCUT2D eigenvalue weighted by Crippen LogP contribution is 2.33. The Morgan fingerprint density at radius 1 is 1.21 bits per heavy atom. The molecule has 0 aliphatic rings. The first-order chi connectivity index (χ1) is 6.72. The van der Waals surface area contributed by atoms with Gasteiger partial charge in [0.05, 0.1) is 12.8 Å². The zero-order valence-electron chi connectivity index (χ0n) is 7.82. The first-order valence-corrected chi connectivity index (χ1v) is 4.27. The highest BCUT2D eigenvalue weighted by molar-refractivity contribution is 5.93. The van der Waals surface area contributed by atoms with E-state index in [0.717, 1.165) is 10.8 Å². The maximum absolute atomic E-state index is 9.29. The van der Waals surface area contributed by atoms with Crippen LogP contribution in [-0.4, -0.2) is 12.2 Å². The Balaban J connectivity index is 2.82. The predicted molar refractivity (Wildman–Crippen MR) is 56.6 cm³/mol. The van der Waals surface area contributed by atoms with Gasteiger partial charge in [0.25, 0.3) is 0 Å². The van der Waals surface area contributed by atoms with Crippen molar-refractivity contribution in [2.75, 3.05) is 12.8 Å². The lowest BCUT2D eigenvalue weighted by atomic mass is 10.1. The molecule has 0 bridgehead atoms. The minimum Gasteiger partial charge on any atom is -0.508 e. The highest BCUT2D eigenvalue weighted by Gasteiger charge is 2.05. The number of methoxy groups -OCH3 is 1. The summed E-state index contributed by atoms with van der Waals surface area (Å²) in [6, 6.07) is 8.70. The van der Waals surface area contributed by atoms with Crippen molar-refractivity contribution < 1.29 is 9.84 Å². The molecule has 2 aromatic carbocycles. The van der Waals surface area contributed by atoms with E-state index in [9.17, 15) is 5.11 Å². The van der Waals surface area contributed by atoms with E-state index in [1.165, 1.54) is 0 Å². The minimum atomic E-state index is 0.240. The fourth-order valence-corrected chi connectivity index (χ4v) is 1.53. The fraction of sp³-hybridized carbons (Fsp3) is 0.0909. The second-order valence-electron chi connectivity index (χ2n) is 3.09. The number of hydrogen-bond acceptors (Lipinski definition) is 3. The molecule has 2 aromatic rings. The molecule has 0 spiro atoms. The monoisotopic (exact) mass is 189 g/mol. The lowest BCUT2D eigenvalue weighted by Gasteiger charge is -2.08. The molecule has 3 nitrogen and oxygen atoms in total. The standard InChI is InChI=1S/C11H11NO2/c1-14-11-9-4-3-8(13)6-7(9)2-5-10(11)12/h2-6,13H,12H2,1H3. The SMILES string of the molecule is COc1c(N)ccc2cc(O)ccc12. The Labute approximate surface area is 81.7 Å². The molecule has 0 heterocycles. The normalized spacial score (nSPS) is 10.4. The van der Waals surface area contributed by atoms with Gasteiger partial charge < -0.3 is 15.6 Å². The van der Waals surface area contributed by atoms with Crippen LogP contribution in [0.3, 0.4) is 0 Å². The molecule has 3 N–H and O–H groups in total. The summed E-state index contributed by atoms with van der Waals surface area (Å²) in [4.78, 5) is 0. The van der Waals surface area contributed by atoms with Gasteiger partial charge in [0, 0.05) is 5.39 Å². The van der Waals surface area contributed by atoms with Crippen LogP contribution in [0.2, 0.25) is 0 Å². The van der Waals surface area contributed by atoms with Crippen LogP contribution in [0.15, 0.2) is 30.3 Å². The summed E-state index contributed by atoms with van der Waals surface area (Å²) in [5, 5.41) is 11.1. The fourth-order valence-electron chi connectivity index (χ4n) is 1.53. The predicted octanol–water partition coefficient (Wildman–Crippen LogP) is 2.14. The van der Waals surface area contributed by atoms with Gasteiger partial charge in [-0.1, -0.05) is 6.07 Å². The lowest BCUT2D eigenvalue weighted by Crippen LogP contribution is -1.92. The maximum atomic E-state index is 9.29. The number of fused-ring (bicyclic) bond motifs is 1. The number of anilines is 1. The molecule has 0 aromatic heterocycles. The number of nitrogens with two attached hydrogens (primary N) is 1. The van der Waals surface area contributed by atoms with E-state index < -0.39 is 0 Å². The van der Waals surface area contributed by atoms with E-state index >= 15 is 0 Å². The minimum absolute atomic E-state index is 0.240. The van der Waals surface area contributed by atoms with Crippen LogP contribution in [0.1, 0.15) is 0 Å². The average Bonchev–Trinajstić information content (AvgIpc) is 2.18. The zero-order valence-corrected chi connectivity index (χ0v) is 7.82. The highest BCUT2D eigenvalue weighted by atomic mass is 16.5. The summed E-state index contributed by atoms with van der Waals surface area (Å²) < 4.78 is 5.19. The van der Waals surface area contributed by atoms with Gasteiger partial charge in [-0.05, 0) is 29.7 Å². The number of benzene rings is 2. The molecular formula is C11H11NO2. The molecule has 72 valence electrons. The van der Waals surface area contributed by atoms with Crippen LogP contribution < -0.4 is 10.5 Å². The van der Waals surface area contributed by atoms with Crippen LogP contribution in [0.5, 0.6) is 11.5 Å². The number of aromatic hydroxyl groups is 1. The van der Waals surface area contributed by atoms with Gasteiger partial charge in [-0.2, -0.15) is 0 Å². The van der Waals surface area contributed by atoms with Crippen molar-refractivity contribution in [2.45, 2.75) is 0 Å². The third kappa shape index (κ3) is 1.23. The van der Waals surface area contributed by atoms with Crippen LogP contribution in [0, 0.1) is 0 Å². The largest absolute Gasteiger partial charge is 0.508 e. The molecule has 0 saturated carbocycles. The Kier molecular flexibility index (Phi) is 1.93. The first kappa shape index (κ1) is 8.69. The lowest BCUT2D eigenvalue weighted by molar-refractivity contribution is 0.422. The van der Waals surface area contributed by atoms with E-state index in [1.54, 1.807) is 31.4 Å². The van der Waals surface area contributed by atoms with Crippen molar-refractivity contribution in [3.05, 3.63) is 30.3 Å². The summed E-state index contributed by atoms with van der Waals surface area (Å²) in [6.07, 6.45) is 0. The molecule has 0 fully saturated rings. The molecule has 14 heavy (non-hydrogen) atoms. The number of rotatable bonds is 1. The molecule has 0 aliphatic carbocycles. The van der Waals surface area contributed by atoms with Crippen molar-refractivity contribution in [3.8, 4) is 11.5 Å². The second-order valence-corrected chi connectivity index (χ2v) is 3.09. The van der Waals surface area contributed by atoms with Crippen molar-refractivity contribution in [3.63, 3.8) is 0 Å². The Hall–Kier alpha value is -1.90. The van der Waals surface area contributed by atoms with Crippen LogP contribution in [0.4, 0.5) is 5.69 Å². The Morgan fingerprint density at radius 2 is 2.00 bits per heavy atom. The topological polar surface area (TPSA) is 55.5 Å².